The average Bonchev–Trinajstić information content (AvgIpc) is 2.99. The van der Waals surface area contributed by atoms with Crippen molar-refractivity contribution >= 4 is 23.5 Å². The van der Waals surface area contributed by atoms with Crippen LogP contribution >= 0.6 is 11.8 Å². The summed E-state index contributed by atoms with van der Waals surface area (Å²) in [5, 5.41) is 6.95. The molecule has 0 bridgehead atoms. The topological polar surface area (TPSA) is 68.0 Å². The monoisotopic (exact) mass is 325 g/mol. The molecule has 0 fully saturated rings. The van der Waals surface area contributed by atoms with Crippen molar-refractivity contribution in [3.05, 3.63) is 72.1 Å². The Kier molecular flexibility index (Phi) is 4.73. The van der Waals surface area contributed by atoms with E-state index in [9.17, 15) is 4.79 Å². The molecule has 1 unspecified atom stereocenters. The molecule has 2 heterocycles. The van der Waals surface area contributed by atoms with Crippen molar-refractivity contribution in [3.63, 3.8) is 0 Å². The summed E-state index contributed by atoms with van der Waals surface area (Å²) in [7, 11) is 0. The van der Waals surface area contributed by atoms with E-state index in [1.807, 2.05) is 48.5 Å². The molecule has 0 radical (unpaired) electrons. The Balaban J connectivity index is 1.84. The normalized spacial score (nSPS) is 11.9. The summed E-state index contributed by atoms with van der Waals surface area (Å²) in [6.07, 6.45) is 1.71. The van der Waals surface area contributed by atoms with Crippen LogP contribution < -0.4 is 5.32 Å². The Labute approximate surface area is 138 Å². The maximum absolute atomic E-state index is 12.7. The molecule has 1 N–H and O–H groups in total. The van der Waals surface area contributed by atoms with Crippen LogP contribution in [0.25, 0.3) is 0 Å². The number of thioether (sulfide) groups is 1. The first kappa shape index (κ1) is 15.3. The summed E-state index contributed by atoms with van der Waals surface area (Å²) < 4.78 is 4.99. The van der Waals surface area contributed by atoms with Crippen molar-refractivity contribution in [2.45, 2.75) is 17.2 Å². The molecule has 6 heteroatoms. The summed E-state index contributed by atoms with van der Waals surface area (Å²) in [6.45, 7) is 1.78. The van der Waals surface area contributed by atoms with E-state index < -0.39 is 5.25 Å². The van der Waals surface area contributed by atoms with Crippen LogP contribution in [0.5, 0.6) is 0 Å². The summed E-state index contributed by atoms with van der Waals surface area (Å²) in [6, 6.07) is 16.9. The van der Waals surface area contributed by atoms with E-state index in [-0.39, 0.29) is 5.91 Å². The van der Waals surface area contributed by atoms with Gasteiger partial charge in [0.15, 0.2) is 5.82 Å². The number of carbonyl (C=O) groups is 1. The fourth-order valence-electron chi connectivity index (χ4n) is 2.06. The molecule has 3 rings (SSSR count). The molecule has 1 aromatic carbocycles. The van der Waals surface area contributed by atoms with Crippen molar-refractivity contribution in [3.8, 4) is 0 Å². The van der Waals surface area contributed by atoms with Gasteiger partial charge in [0.25, 0.3) is 0 Å². The number of anilines is 1. The van der Waals surface area contributed by atoms with Gasteiger partial charge in [-0.25, -0.2) is 4.98 Å². The van der Waals surface area contributed by atoms with Gasteiger partial charge in [-0.3, -0.25) is 4.79 Å². The van der Waals surface area contributed by atoms with Crippen LogP contribution in [-0.2, 0) is 4.79 Å². The predicted molar refractivity (Wildman–Crippen MR) is 89.1 cm³/mol. The van der Waals surface area contributed by atoms with E-state index in [2.05, 4.69) is 15.5 Å². The quantitative estimate of drug-likeness (QED) is 0.722. The molecule has 1 amide bonds. The number of aryl methyl sites for hydroxylation is 1. The second-order valence-electron chi connectivity index (χ2n) is 4.89. The zero-order valence-electron chi connectivity index (χ0n) is 12.5. The van der Waals surface area contributed by atoms with Crippen LogP contribution in [0.2, 0.25) is 0 Å². The first-order chi connectivity index (χ1) is 11.2. The van der Waals surface area contributed by atoms with Gasteiger partial charge in [-0.2, -0.15) is 0 Å². The van der Waals surface area contributed by atoms with Crippen LogP contribution in [0.4, 0.5) is 5.82 Å². The molecule has 0 saturated carbocycles. The second-order valence-corrected chi connectivity index (χ2v) is 6.01. The largest absolute Gasteiger partial charge is 0.360 e. The molecular weight excluding hydrogens is 310 g/mol. The van der Waals surface area contributed by atoms with E-state index in [0.29, 0.717) is 11.6 Å². The molecule has 0 saturated heterocycles. The van der Waals surface area contributed by atoms with Gasteiger partial charge in [0, 0.05) is 12.3 Å². The summed E-state index contributed by atoms with van der Waals surface area (Å²) in [4.78, 5) is 17.0. The fraction of sp³-hybridized carbons (Fsp3) is 0.118. The predicted octanol–water partition coefficient (Wildman–Crippen LogP) is 3.85. The third kappa shape index (κ3) is 3.98. The van der Waals surface area contributed by atoms with Crippen LogP contribution in [0.3, 0.4) is 0 Å². The number of benzene rings is 1. The fourth-order valence-corrected chi connectivity index (χ4v) is 3.03. The highest BCUT2D eigenvalue weighted by Gasteiger charge is 2.23. The summed E-state index contributed by atoms with van der Waals surface area (Å²) >= 11 is 1.39. The zero-order chi connectivity index (χ0) is 16.1. The number of pyridine rings is 1. The van der Waals surface area contributed by atoms with Gasteiger partial charge >= 0.3 is 0 Å². The molecular formula is C17H15N3O2S. The number of aromatic nitrogens is 2. The van der Waals surface area contributed by atoms with Crippen molar-refractivity contribution in [2.24, 2.45) is 0 Å². The average molecular weight is 325 g/mol. The minimum absolute atomic E-state index is 0.167. The molecule has 3 aromatic rings. The Bertz CT molecular complexity index is 775. The van der Waals surface area contributed by atoms with E-state index in [1.165, 1.54) is 11.8 Å². The van der Waals surface area contributed by atoms with E-state index in [1.54, 1.807) is 19.2 Å². The smallest absolute Gasteiger partial charge is 0.243 e. The number of amides is 1. The molecule has 0 aliphatic heterocycles. The number of nitrogens with one attached hydrogen (secondary N) is 1. The SMILES string of the molecule is Cc1cc(NC(=O)C(Sc2ccccn2)c2ccccc2)no1. The Morgan fingerprint density at radius 1 is 1.17 bits per heavy atom. The second kappa shape index (κ2) is 7.11. The highest BCUT2D eigenvalue weighted by molar-refractivity contribution is 8.00. The van der Waals surface area contributed by atoms with Gasteiger partial charge in [0.2, 0.25) is 5.91 Å². The van der Waals surface area contributed by atoms with Crippen molar-refractivity contribution < 1.29 is 9.32 Å². The third-order valence-electron chi connectivity index (χ3n) is 3.10. The lowest BCUT2D eigenvalue weighted by Gasteiger charge is -2.15. The number of hydrogen-bond acceptors (Lipinski definition) is 5. The molecule has 0 spiro atoms. The van der Waals surface area contributed by atoms with Crippen molar-refractivity contribution in [1.82, 2.24) is 10.1 Å². The third-order valence-corrected chi connectivity index (χ3v) is 4.30. The van der Waals surface area contributed by atoms with Gasteiger partial charge in [-0.05, 0) is 24.6 Å². The molecule has 5 nitrogen and oxygen atoms in total. The lowest BCUT2D eigenvalue weighted by Crippen LogP contribution is -2.19. The van der Waals surface area contributed by atoms with Gasteiger partial charge < -0.3 is 9.84 Å². The van der Waals surface area contributed by atoms with Gasteiger partial charge in [-0.15, -0.1) is 0 Å². The highest BCUT2D eigenvalue weighted by Crippen LogP contribution is 2.34. The number of rotatable bonds is 5. The molecule has 116 valence electrons. The standard InChI is InChI=1S/C17H15N3O2S/c1-12-11-14(20-22-12)19-17(21)16(13-7-3-2-4-8-13)23-15-9-5-6-10-18-15/h2-11,16H,1H3,(H,19,20,21). The minimum atomic E-state index is -0.428. The first-order valence-corrected chi connectivity index (χ1v) is 7.97. The molecule has 2 aromatic heterocycles. The minimum Gasteiger partial charge on any atom is -0.360 e. The van der Waals surface area contributed by atoms with Crippen molar-refractivity contribution in [2.75, 3.05) is 5.32 Å². The van der Waals surface area contributed by atoms with E-state index in [0.717, 1.165) is 10.6 Å². The van der Waals surface area contributed by atoms with Crippen LogP contribution in [0, 0.1) is 6.92 Å². The summed E-state index contributed by atoms with van der Waals surface area (Å²) in [5.41, 5.74) is 0.904. The number of hydrogen-bond donors (Lipinski definition) is 1. The number of carbonyl (C=O) groups excluding carboxylic acids is 1. The molecule has 0 aliphatic rings. The lowest BCUT2D eigenvalue weighted by atomic mass is 10.1. The van der Waals surface area contributed by atoms with Gasteiger partial charge in [0.1, 0.15) is 11.0 Å². The van der Waals surface area contributed by atoms with Gasteiger partial charge in [0.05, 0.1) is 5.03 Å². The lowest BCUT2D eigenvalue weighted by molar-refractivity contribution is -0.115. The first-order valence-electron chi connectivity index (χ1n) is 7.09. The van der Waals surface area contributed by atoms with E-state index in [4.69, 9.17) is 4.52 Å². The highest BCUT2D eigenvalue weighted by atomic mass is 32.2. The van der Waals surface area contributed by atoms with E-state index >= 15 is 0 Å². The molecule has 0 aliphatic carbocycles. The van der Waals surface area contributed by atoms with Crippen LogP contribution in [0.15, 0.2) is 70.3 Å². The maximum atomic E-state index is 12.7. The Hall–Kier alpha value is -2.60. The molecule has 23 heavy (non-hydrogen) atoms. The number of nitrogens with zero attached hydrogens (tertiary/aromatic N) is 2. The Morgan fingerprint density at radius 3 is 2.61 bits per heavy atom. The molecule has 1 atom stereocenters. The Morgan fingerprint density at radius 2 is 1.96 bits per heavy atom. The zero-order valence-corrected chi connectivity index (χ0v) is 13.3. The van der Waals surface area contributed by atoms with Gasteiger partial charge in [-0.1, -0.05) is 53.3 Å². The van der Waals surface area contributed by atoms with Crippen LogP contribution in [0.1, 0.15) is 16.6 Å². The van der Waals surface area contributed by atoms with Crippen LogP contribution in [-0.4, -0.2) is 16.0 Å². The maximum Gasteiger partial charge on any atom is 0.243 e. The van der Waals surface area contributed by atoms with Crippen molar-refractivity contribution in [1.29, 1.82) is 0 Å². The summed E-state index contributed by atoms with van der Waals surface area (Å²) in [5.74, 6) is 0.893.